The number of aliphatic carboxylic acids is 1. The standard InChI is InChI=1S/C19H16FN3O5.C2H6/c1-11-16(17(24)21-19(10-28-19)18(25)26)15-8-13(6-7-23(15)22-11)27-9-12-4-2-3-5-14(12)20;1-2/h2-8H,9-10H2,1H3,(H,21,24)(H,25,26);1-2H3. The Kier molecular flexibility index (Phi) is 6.02. The second-order valence-corrected chi connectivity index (χ2v) is 6.41. The van der Waals surface area contributed by atoms with Crippen molar-refractivity contribution in [2.24, 2.45) is 0 Å². The van der Waals surface area contributed by atoms with Crippen molar-refractivity contribution in [1.82, 2.24) is 14.9 Å². The molecule has 3 heterocycles. The van der Waals surface area contributed by atoms with Crippen molar-refractivity contribution >= 4 is 17.4 Å². The highest BCUT2D eigenvalue weighted by molar-refractivity contribution is 6.04. The minimum atomic E-state index is -1.68. The number of pyridine rings is 1. The highest BCUT2D eigenvalue weighted by Gasteiger charge is 2.54. The molecule has 0 spiro atoms. The van der Waals surface area contributed by atoms with E-state index in [1.165, 1.54) is 10.6 Å². The number of ether oxygens (including phenoxy) is 2. The molecule has 1 atom stereocenters. The Labute approximate surface area is 172 Å². The van der Waals surface area contributed by atoms with Gasteiger partial charge in [0.1, 0.15) is 24.8 Å². The second kappa shape index (κ2) is 8.50. The third kappa shape index (κ3) is 4.11. The van der Waals surface area contributed by atoms with Crippen molar-refractivity contribution in [3.8, 4) is 5.75 Å². The molecule has 2 N–H and O–H groups in total. The first-order valence-corrected chi connectivity index (χ1v) is 9.45. The molecule has 1 aromatic carbocycles. The number of epoxide rings is 1. The van der Waals surface area contributed by atoms with E-state index in [-0.39, 0.29) is 24.6 Å². The predicted octanol–water partition coefficient (Wildman–Crippen LogP) is 2.93. The number of hydrogen-bond acceptors (Lipinski definition) is 5. The van der Waals surface area contributed by atoms with Gasteiger partial charge in [0.2, 0.25) is 0 Å². The molecule has 2 aromatic heterocycles. The first kappa shape index (κ1) is 21.3. The molecule has 0 aliphatic carbocycles. The van der Waals surface area contributed by atoms with E-state index in [0.29, 0.717) is 22.5 Å². The number of fused-ring (bicyclic) bond motifs is 1. The van der Waals surface area contributed by atoms with Gasteiger partial charge in [-0.25, -0.2) is 13.7 Å². The SMILES string of the molecule is CC.Cc1nn2ccc(OCc3ccccc3F)cc2c1C(=O)NC1(C(=O)O)CO1. The Bertz CT molecular complexity index is 1090. The van der Waals surface area contributed by atoms with Gasteiger partial charge in [-0.2, -0.15) is 5.10 Å². The topological polar surface area (TPSA) is 105 Å². The molecule has 30 heavy (non-hydrogen) atoms. The summed E-state index contributed by atoms with van der Waals surface area (Å²) in [7, 11) is 0. The van der Waals surface area contributed by atoms with Crippen LogP contribution in [0.4, 0.5) is 4.39 Å². The molecule has 1 unspecified atom stereocenters. The fourth-order valence-corrected chi connectivity index (χ4v) is 2.86. The molecular weight excluding hydrogens is 393 g/mol. The van der Waals surface area contributed by atoms with E-state index in [9.17, 15) is 14.0 Å². The van der Waals surface area contributed by atoms with Crippen LogP contribution in [0.5, 0.6) is 5.75 Å². The van der Waals surface area contributed by atoms with Crippen molar-refractivity contribution in [3.63, 3.8) is 0 Å². The normalized spacial score (nSPS) is 17.1. The molecule has 8 nitrogen and oxygen atoms in total. The number of carboxylic acids is 1. The van der Waals surface area contributed by atoms with Crippen molar-refractivity contribution in [2.45, 2.75) is 33.1 Å². The van der Waals surface area contributed by atoms with Gasteiger partial charge in [-0.3, -0.25) is 4.79 Å². The Morgan fingerprint density at radius 1 is 1.33 bits per heavy atom. The lowest BCUT2D eigenvalue weighted by atomic mass is 10.1. The first-order valence-electron chi connectivity index (χ1n) is 9.45. The van der Waals surface area contributed by atoms with E-state index in [0.717, 1.165) is 0 Å². The van der Waals surface area contributed by atoms with Crippen molar-refractivity contribution in [2.75, 3.05) is 6.61 Å². The number of nitrogens with zero attached hydrogens (tertiary/aromatic N) is 2. The molecular formula is C21H22FN3O5. The number of halogens is 1. The van der Waals surface area contributed by atoms with E-state index in [1.807, 2.05) is 13.8 Å². The molecule has 1 fully saturated rings. The lowest BCUT2D eigenvalue weighted by Crippen LogP contribution is -2.44. The van der Waals surface area contributed by atoms with Crippen LogP contribution in [0.1, 0.15) is 35.5 Å². The van der Waals surface area contributed by atoms with Gasteiger partial charge in [0, 0.05) is 17.8 Å². The number of rotatable bonds is 6. The van der Waals surface area contributed by atoms with E-state index in [4.69, 9.17) is 14.6 Å². The Balaban J connectivity index is 0.00000124. The summed E-state index contributed by atoms with van der Waals surface area (Å²) in [4.78, 5) is 23.9. The number of carbonyl (C=O) groups excluding carboxylic acids is 1. The summed E-state index contributed by atoms with van der Waals surface area (Å²) in [5.74, 6) is -1.82. The van der Waals surface area contributed by atoms with Crippen molar-refractivity contribution < 1.29 is 28.6 Å². The third-order valence-corrected chi connectivity index (χ3v) is 4.45. The minimum Gasteiger partial charge on any atom is -0.489 e. The molecule has 158 valence electrons. The van der Waals surface area contributed by atoms with Gasteiger partial charge in [0.05, 0.1) is 16.8 Å². The lowest BCUT2D eigenvalue weighted by molar-refractivity contribution is -0.144. The van der Waals surface area contributed by atoms with Crippen LogP contribution in [-0.4, -0.2) is 38.9 Å². The molecule has 1 saturated heterocycles. The largest absolute Gasteiger partial charge is 0.489 e. The molecule has 0 saturated carbocycles. The van der Waals surface area contributed by atoms with Gasteiger partial charge in [-0.05, 0) is 19.1 Å². The number of aromatic nitrogens is 2. The molecule has 1 amide bonds. The predicted molar refractivity (Wildman–Crippen MR) is 106 cm³/mol. The van der Waals surface area contributed by atoms with Crippen LogP contribution in [0, 0.1) is 12.7 Å². The van der Waals surface area contributed by atoms with Crippen LogP contribution in [0.3, 0.4) is 0 Å². The Hall–Kier alpha value is -3.46. The maximum atomic E-state index is 13.7. The van der Waals surface area contributed by atoms with E-state index < -0.39 is 17.6 Å². The minimum absolute atomic E-state index is 0.0213. The molecule has 9 heteroatoms. The number of aryl methyl sites for hydroxylation is 1. The third-order valence-electron chi connectivity index (χ3n) is 4.45. The maximum absolute atomic E-state index is 13.7. The zero-order chi connectivity index (χ0) is 21.9. The van der Waals surface area contributed by atoms with Crippen LogP contribution in [0.25, 0.3) is 5.52 Å². The van der Waals surface area contributed by atoms with Crippen molar-refractivity contribution in [1.29, 1.82) is 0 Å². The van der Waals surface area contributed by atoms with Crippen LogP contribution in [-0.2, 0) is 16.1 Å². The quantitative estimate of drug-likeness (QED) is 0.600. The molecule has 1 aliphatic heterocycles. The van der Waals surface area contributed by atoms with Crippen LogP contribution in [0.15, 0.2) is 42.6 Å². The summed E-state index contributed by atoms with van der Waals surface area (Å²) in [5, 5.41) is 15.8. The number of nitrogens with one attached hydrogen (secondary N) is 1. The monoisotopic (exact) mass is 415 g/mol. The molecule has 4 rings (SSSR count). The van der Waals surface area contributed by atoms with Crippen molar-refractivity contribution in [3.05, 3.63) is 65.2 Å². The molecule has 0 bridgehead atoms. The molecule has 0 radical (unpaired) electrons. The van der Waals surface area contributed by atoms with Gasteiger partial charge < -0.3 is 19.9 Å². The zero-order valence-electron chi connectivity index (χ0n) is 16.8. The van der Waals surface area contributed by atoms with Crippen LogP contribution in [0.2, 0.25) is 0 Å². The summed E-state index contributed by atoms with van der Waals surface area (Å²) in [6.45, 7) is 5.57. The van der Waals surface area contributed by atoms with E-state index in [2.05, 4.69) is 10.4 Å². The first-order chi connectivity index (χ1) is 14.4. The molecule has 3 aromatic rings. The van der Waals surface area contributed by atoms with Gasteiger partial charge in [0.15, 0.2) is 0 Å². The second-order valence-electron chi connectivity index (χ2n) is 6.41. The number of hydrogen-bond donors (Lipinski definition) is 2. The zero-order valence-corrected chi connectivity index (χ0v) is 16.8. The Morgan fingerprint density at radius 3 is 2.67 bits per heavy atom. The smallest absolute Gasteiger partial charge is 0.359 e. The highest BCUT2D eigenvalue weighted by Crippen LogP contribution is 2.27. The summed E-state index contributed by atoms with van der Waals surface area (Å²) in [6.07, 6.45) is 1.61. The number of benzene rings is 1. The van der Waals surface area contributed by atoms with E-state index in [1.54, 1.807) is 43.5 Å². The lowest BCUT2D eigenvalue weighted by Gasteiger charge is -2.10. The summed E-state index contributed by atoms with van der Waals surface area (Å²) >= 11 is 0. The van der Waals surface area contributed by atoms with Gasteiger partial charge >= 0.3 is 5.97 Å². The Morgan fingerprint density at radius 2 is 2.03 bits per heavy atom. The fraction of sp³-hybridized carbons (Fsp3) is 0.286. The number of carboxylic acid groups (broad SMARTS) is 1. The maximum Gasteiger partial charge on any atom is 0.359 e. The highest BCUT2D eigenvalue weighted by atomic mass is 19.1. The molecule has 1 aliphatic rings. The van der Waals surface area contributed by atoms with E-state index >= 15 is 0 Å². The van der Waals surface area contributed by atoms with Gasteiger partial charge in [-0.15, -0.1) is 0 Å². The fourth-order valence-electron chi connectivity index (χ4n) is 2.86. The van der Waals surface area contributed by atoms with Crippen LogP contribution >= 0.6 is 0 Å². The van der Waals surface area contributed by atoms with Gasteiger partial charge in [0.25, 0.3) is 11.6 Å². The average Bonchev–Trinajstić information content (AvgIpc) is 3.44. The summed E-state index contributed by atoms with van der Waals surface area (Å²) < 4.78 is 25.8. The van der Waals surface area contributed by atoms with Gasteiger partial charge in [-0.1, -0.05) is 32.0 Å². The summed E-state index contributed by atoms with van der Waals surface area (Å²) in [6, 6.07) is 9.52. The number of carbonyl (C=O) groups is 2. The summed E-state index contributed by atoms with van der Waals surface area (Å²) in [5.41, 5.74) is -0.213. The average molecular weight is 415 g/mol. The van der Waals surface area contributed by atoms with Crippen LogP contribution < -0.4 is 10.1 Å². The number of amides is 1.